The second-order valence-electron chi connectivity index (χ2n) is 4.33. The summed E-state index contributed by atoms with van der Waals surface area (Å²) in [6.07, 6.45) is 2.47. The van der Waals surface area contributed by atoms with Crippen molar-refractivity contribution in [2.24, 2.45) is 11.7 Å². The smallest absolute Gasteiger partial charge is 0.151 e. The summed E-state index contributed by atoms with van der Waals surface area (Å²) < 4.78 is 0. The summed E-state index contributed by atoms with van der Waals surface area (Å²) in [5.41, 5.74) is 6.68. The highest BCUT2D eigenvalue weighted by Crippen LogP contribution is 2.17. The predicted octanol–water partition coefficient (Wildman–Crippen LogP) is 1.30. The minimum Gasteiger partial charge on any atom is -0.330 e. The molecule has 1 fully saturated rings. The number of likely N-dealkylation sites (tertiary alicyclic amines) is 1. The van der Waals surface area contributed by atoms with Crippen LogP contribution in [-0.2, 0) is 6.54 Å². The van der Waals surface area contributed by atoms with Gasteiger partial charge in [-0.15, -0.1) is 5.10 Å². The zero-order valence-corrected chi connectivity index (χ0v) is 10.0. The maximum Gasteiger partial charge on any atom is 0.151 e. The Morgan fingerprint density at radius 2 is 2.31 bits per heavy atom. The molecule has 0 radical (unpaired) electrons. The number of piperidine rings is 1. The van der Waals surface area contributed by atoms with Gasteiger partial charge in [0.2, 0.25) is 0 Å². The molecule has 0 saturated carbocycles. The van der Waals surface area contributed by atoms with Gasteiger partial charge in [-0.25, -0.2) is 0 Å². The predicted molar refractivity (Wildman–Crippen MR) is 64.1 cm³/mol. The second-order valence-corrected chi connectivity index (χ2v) is 4.71. The molecule has 1 aromatic heterocycles. The van der Waals surface area contributed by atoms with Gasteiger partial charge in [0.15, 0.2) is 5.15 Å². The molecule has 1 aromatic rings. The van der Waals surface area contributed by atoms with E-state index in [4.69, 9.17) is 17.3 Å². The highest BCUT2D eigenvalue weighted by Gasteiger charge is 2.18. The number of nitrogens with zero attached hydrogens (tertiary/aromatic N) is 3. The van der Waals surface area contributed by atoms with Crippen molar-refractivity contribution in [1.82, 2.24) is 15.1 Å². The summed E-state index contributed by atoms with van der Waals surface area (Å²) in [6, 6.07) is 3.72. The highest BCUT2D eigenvalue weighted by molar-refractivity contribution is 6.29. The van der Waals surface area contributed by atoms with Crippen LogP contribution in [0.2, 0.25) is 5.15 Å². The molecule has 0 aromatic carbocycles. The van der Waals surface area contributed by atoms with Crippen LogP contribution < -0.4 is 5.73 Å². The summed E-state index contributed by atoms with van der Waals surface area (Å²) in [5, 5.41) is 8.36. The van der Waals surface area contributed by atoms with E-state index < -0.39 is 0 Å². The number of aromatic nitrogens is 2. The number of hydrogen-bond acceptors (Lipinski definition) is 4. The average Bonchev–Trinajstić information content (AvgIpc) is 2.32. The largest absolute Gasteiger partial charge is 0.330 e. The van der Waals surface area contributed by atoms with Crippen molar-refractivity contribution in [3.63, 3.8) is 0 Å². The van der Waals surface area contributed by atoms with Crippen molar-refractivity contribution < 1.29 is 0 Å². The number of halogens is 1. The fraction of sp³-hybridized carbons (Fsp3) is 0.636. The first-order valence-electron chi connectivity index (χ1n) is 5.68. The molecule has 2 heterocycles. The minimum atomic E-state index is 0.447. The molecule has 0 bridgehead atoms. The quantitative estimate of drug-likeness (QED) is 0.866. The molecule has 5 heteroatoms. The van der Waals surface area contributed by atoms with Crippen LogP contribution in [0, 0.1) is 5.92 Å². The lowest BCUT2D eigenvalue weighted by Gasteiger charge is -2.31. The Morgan fingerprint density at radius 1 is 1.44 bits per heavy atom. The molecular weight excluding hydrogens is 224 g/mol. The number of nitrogens with two attached hydrogens (primary N) is 1. The monoisotopic (exact) mass is 240 g/mol. The Bertz CT molecular complexity index is 327. The van der Waals surface area contributed by atoms with Gasteiger partial charge < -0.3 is 5.73 Å². The van der Waals surface area contributed by atoms with Gasteiger partial charge in [0.05, 0.1) is 5.69 Å². The highest BCUT2D eigenvalue weighted by atomic mass is 35.5. The molecule has 2 N–H and O–H groups in total. The van der Waals surface area contributed by atoms with Crippen LogP contribution in [0.1, 0.15) is 18.5 Å². The Balaban J connectivity index is 1.91. The van der Waals surface area contributed by atoms with Gasteiger partial charge in [0.1, 0.15) is 0 Å². The summed E-state index contributed by atoms with van der Waals surface area (Å²) in [6.45, 7) is 3.82. The third-order valence-corrected chi connectivity index (χ3v) is 3.21. The summed E-state index contributed by atoms with van der Waals surface area (Å²) in [7, 11) is 0. The van der Waals surface area contributed by atoms with E-state index >= 15 is 0 Å². The van der Waals surface area contributed by atoms with Crippen LogP contribution in [0.3, 0.4) is 0 Å². The van der Waals surface area contributed by atoms with Gasteiger partial charge in [-0.2, -0.15) is 5.10 Å². The maximum atomic E-state index is 5.71. The Morgan fingerprint density at radius 3 is 3.00 bits per heavy atom. The average molecular weight is 241 g/mol. The number of hydrogen-bond donors (Lipinski definition) is 1. The Kier molecular flexibility index (Phi) is 4.09. The van der Waals surface area contributed by atoms with E-state index in [0.29, 0.717) is 11.1 Å². The third kappa shape index (κ3) is 3.14. The fourth-order valence-corrected chi connectivity index (χ4v) is 2.25. The van der Waals surface area contributed by atoms with Crippen molar-refractivity contribution in [1.29, 1.82) is 0 Å². The normalized spacial score (nSPS) is 22.2. The SMILES string of the molecule is NCC1CCCN(Cc2ccc(Cl)nn2)C1. The van der Waals surface area contributed by atoms with E-state index in [2.05, 4.69) is 15.1 Å². The first kappa shape index (κ1) is 11.8. The molecule has 16 heavy (non-hydrogen) atoms. The lowest BCUT2D eigenvalue weighted by molar-refractivity contribution is 0.169. The van der Waals surface area contributed by atoms with Crippen molar-refractivity contribution in [3.05, 3.63) is 23.0 Å². The maximum absolute atomic E-state index is 5.71. The van der Waals surface area contributed by atoms with Gasteiger partial charge in [-0.1, -0.05) is 11.6 Å². The molecule has 0 aliphatic carbocycles. The molecule has 0 amide bonds. The molecule has 1 atom stereocenters. The van der Waals surface area contributed by atoms with Gasteiger partial charge in [-0.05, 0) is 44.0 Å². The molecule has 1 unspecified atom stereocenters. The fourth-order valence-electron chi connectivity index (χ4n) is 2.14. The first-order chi connectivity index (χ1) is 7.78. The van der Waals surface area contributed by atoms with Crippen molar-refractivity contribution >= 4 is 11.6 Å². The Hall–Kier alpha value is -0.710. The second kappa shape index (κ2) is 5.57. The van der Waals surface area contributed by atoms with Crippen LogP contribution in [0.25, 0.3) is 0 Å². The summed E-state index contributed by atoms with van der Waals surface area (Å²) >= 11 is 5.70. The van der Waals surface area contributed by atoms with E-state index in [0.717, 1.165) is 31.9 Å². The zero-order chi connectivity index (χ0) is 11.4. The Labute approximate surface area is 101 Å². The van der Waals surface area contributed by atoms with Gasteiger partial charge in [-0.3, -0.25) is 4.90 Å². The molecule has 88 valence electrons. The number of rotatable bonds is 3. The van der Waals surface area contributed by atoms with Crippen LogP contribution in [0.5, 0.6) is 0 Å². The van der Waals surface area contributed by atoms with E-state index in [1.54, 1.807) is 6.07 Å². The molecule has 1 aliphatic rings. The minimum absolute atomic E-state index is 0.447. The van der Waals surface area contributed by atoms with E-state index in [1.165, 1.54) is 12.8 Å². The van der Waals surface area contributed by atoms with Crippen molar-refractivity contribution in [3.8, 4) is 0 Å². The van der Waals surface area contributed by atoms with Crippen LogP contribution >= 0.6 is 11.6 Å². The van der Waals surface area contributed by atoms with Crippen LogP contribution in [0.4, 0.5) is 0 Å². The molecular formula is C11H17ClN4. The van der Waals surface area contributed by atoms with Gasteiger partial charge in [0.25, 0.3) is 0 Å². The van der Waals surface area contributed by atoms with Crippen LogP contribution in [-0.4, -0.2) is 34.7 Å². The molecule has 1 saturated heterocycles. The lowest BCUT2D eigenvalue weighted by Crippen LogP contribution is -2.38. The molecule has 4 nitrogen and oxygen atoms in total. The van der Waals surface area contributed by atoms with E-state index in [-0.39, 0.29) is 0 Å². The summed E-state index contributed by atoms with van der Waals surface area (Å²) in [4.78, 5) is 2.39. The van der Waals surface area contributed by atoms with Gasteiger partial charge in [0, 0.05) is 13.1 Å². The van der Waals surface area contributed by atoms with Crippen molar-refractivity contribution in [2.75, 3.05) is 19.6 Å². The van der Waals surface area contributed by atoms with E-state index in [1.807, 2.05) is 6.07 Å². The zero-order valence-electron chi connectivity index (χ0n) is 9.27. The lowest BCUT2D eigenvalue weighted by atomic mass is 9.98. The molecule has 1 aliphatic heterocycles. The standard InChI is InChI=1S/C11H17ClN4/c12-11-4-3-10(14-15-11)8-16-5-1-2-9(6-13)7-16/h3-4,9H,1-2,5-8,13H2. The van der Waals surface area contributed by atoms with Crippen LogP contribution in [0.15, 0.2) is 12.1 Å². The third-order valence-electron chi connectivity index (χ3n) is 3.01. The topological polar surface area (TPSA) is 55.0 Å². The van der Waals surface area contributed by atoms with Gasteiger partial charge >= 0.3 is 0 Å². The molecule has 0 spiro atoms. The van der Waals surface area contributed by atoms with E-state index in [9.17, 15) is 0 Å². The molecule has 2 rings (SSSR count). The van der Waals surface area contributed by atoms with Crippen molar-refractivity contribution in [2.45, 2.75) is 19.4 Å². The first-order valence-corrected chi connectivity index (χ1v) is 6.06. The summed E-state index contributed by atoms with van der Waals surface area (Å²) in [5.74, 6) is 0.633.